The number of carbonyl (C=O) groups excluding carboxylic acids is 2. The Kier molecular flexibility index (Phi) is 5.30. The van der Waals surface area contributed by atoms with Crippen LogP contribution in [0.3, 0.4) is 0 Å². The van der Waals surface area contributed by atoms with E-state index in [4.69, 9.17) is 14.2 Å². The Balaban J connectivity index is 1.72. The first-order valence-electron chi connectivity index (χ1n) is 8.44. The van der Waals surface area contributed by atoms with Crippen molar-refractivity contribution in [2.75, 3.05) is 26.1 Å². The highest BCUT2D eigenvalue weighted by molar-refractivity contribution is 6.04. The van der Waals surface area contributed by atoms with Crippen LogP contribution in [0.15, 0.2) is 30.3 Å². The number of ether oxygens (including phenoxy) is 3. The van der Waals surface area contributed by atoms with Crippen LogP contribution in [0.2, 0.25) is 0 Å². The fraction of sp³-hybridized carbons (Fsp3) is 0.300. The highest BCUT2D eigenvalue weighted by Crippen LogP contribution is 2.39. The summed E-state index contributed by atoms with van der Waals surface area (Å²) in [6, 6.07) is 7.62. The number of methoxy groups -OCH3 is 2. The van der Waals surface area contributed by atoms with Crippen molar-refractivity contribution < 1.29 is 28.2 Å². The van der Waals surface area contributed by atoms with Crippen molar-refractivity contribution in [1.82, 2.24) is 0 Å². The van der Waals surface area contributed by atoms with E-state index in [2.05, 4.69) is 5.32 Å². The SMILES string of the molecule is COc1ccc(NC(=O)COc2ccc(F)c3c2C(=O)C[C@@H]3C)c(OC)c1. The molecule has 0 radical (unpaired) electrons. The molecular weight excluding hydrogens is 353 g/mol. The summed E-state index contributed by atoms with van der Waals surface area (Å²) < 4.78 is 29.9. The lowest BCUT2D eigenvalue weighted by atomic mass is 10.0. The first-order valence-corrected chi connectivity index (χ1v) is 8.44. The monoisotopic (exact) mass is 373 g/mol. The molecule has 1 N–H and O–H groups in total. The maximum absolute atomic E-state index is 14.0. The second-order valence-corrected chi connectivity index (χ2v) is 6.27. The van der Waals surface area contributed by atoms with Crippen LogP contribution in [0.1, 0.15) is 35.2 Å². The molecule has 0 saturated heterocycles. The van der Waals surface area contributed by atoms with Gasteiger partial charge < -0.3 is 19.5 Å². The Hall–Kier alpha value is -3.09. The lowest BCUT2D eigenvalue weighted by Crippen LogP contribution is -2.21. The first-order chi connectivity index (χ1) is 12.9. The number of anilines is 1. The number of rotatable bonds is 6. The molecular formula is C20H20FNO5. The topological polar surface area (TPSA) is 73.9 Å². The van der Waals surface area contributed by atoms with Crippen LogP contribution in [0.4, 0.5) is 10.1 Å². The molecule has 3 rings (SSSR count). The van der Waals surface area contributed by atoms with Crippen LogP contribution in [0, 0.1) is 5.82 Å². The van der Waals surface area contributed by atoms with Crippen molar-refractivity contribution in [2.24, 2.45) is 0 Å². The summed E-state index contributed by atoms with van der Waals surface area (Å²) in [5.41, 5.74) is 1.05. The van der Waals surface area contributed by atoms with Gasteiger partial charge in [-0.15, -0.1) is 0 Å². The summed E-state index contributed by atoms with van der Waals surface area (Å²) in [5, 5.41) is 2.68. The number of hydrogen-bond donors (Lipinski definition) is 1. The minimum atomic E-state index is -0.435. The summed E-state index contributed by atoms with van der Waals surface area (Å²) in [5.74, 6) is 0.0124. The van der Waals surface area contributed by atoms with Gasteiger partial charge in [0.1, 0.15) is 23.1 Å². The number of halogens is 1. The molecule has 0 saturated carbocycles. The summed E-state index contributed by atoms with van der Waals surface area (Å²) in [6.07, 6.45) is 0.238. The Morgan fingerprint density at radius 1 is 1.19 bits per heavy atom. The molecule has 0 fully saturated rings. The number of carbonyl (C=O) groups is 2. The zero-order valence-corrected chi connectivity index (χ0v) is 15.3. The van der Waals surface area contributed by atoms with Crippen molar-refractivity contribution in [1.29, 1.82) is 0 Å². The van der Waals surface area contributed by atoms with Crippen LogP contribution in [0.25, 0.3) is 0 Å². The van der Waals surface area contributed by atoms with Gasteiger partial charge in [0.25, 0.3) is 5.91 Å². The van der Waals surface area contributed by atoms with Gasteiger partial charge in [-0.3, -0.25) is 9.59 Å². The molecule has 27 heavy (non-hydrogen) atoms. The van der Waals surface area contributed by atoms with Crippen molar-refractivity contribution in [3.05, 3.63) is 47.3 Å². The number of Topliss-reactive ketones (excluding diaryl/α,β-unsaturated/α-hetero) is 1. The third-order valence-electron chi connectivity index (χ3n) is 4.46. The number of benzene rings is 2. The fourth-order valence-corrected chi connectivity index (χ4v) is 3.18. The first kappa shape index (κ1) is 18.7. The van der Waals surface area contributed by atoms with Crippen molar-refractivity contribution >= 4 is 17.4 Å². The van der Waals surface area contributed by atoms with Crippen molar-refractivity contribution in [2.45, 2.75) is 19.3 Å². The molecule has 142 valence electrons. The lowest BCUT2D eigenvalue weighted by molar-refractivity contribution is -0.118. The summed E-state index contributed by atoms with van der Waals surface area (Å²) in [6.45, 7) is 1.47. The number of nitrogens with one attached hydrogen (secondary N) is 1. The van der Waals surface area contributed by atoms with E-state index in [9.17, 15) is 14.0 Å². The van der Waals surface area contributed by atoms with Gasteiger partial charge >= 0.3 is 0 Å². The summed E-state index contributed by atoms with van der Waals surface area (Å²) in [4.78, 5) is 24.4. The van der Waals surface area contributed by atoms with Gasteiger partial charge in [-0.1, -0.05) is 6.92 Å². The van der Waals surface area contributed by atoms with Crippen molar-refractivity contribution in [3.63, 3.8) is 0 Å². The second-order valence-electron chi connectivity index (χ2n) is 6.27. The van der Waals surface area contributed by atoms with E-state index in [1.807, 2.05) is 0 Å². The molecule has 0 aliphatic heterocycles. The van der Waals surface area contributed by atoms with Gasteiger partial charge in [-0.25, -0.2) is 4.39 Å². The smallest absolute Gasteiger partial charge is 0.262 e. The van der Waals surface area contributed by atoms with Crippen LogP contribution in [-0.4, -0.2) is 32.5 Å². The molecule has 2 aromatic rings. The highest BCUT2D eigenvalue weighted by Gasteiger charge is 2.32. The second kappa shape index (κ2) is 7.65. The minimum Gasteiger partial charge on any atom is -0.497 e. The van der Waals surface area contributed by atoms with E-state index in [0.29, 0.717) is 22.7 Å². The quantitative estimate of drug-likeness (QED) is 0.838. The molecule has 0 aromatic heterocycles. The van der Waals surface area contributed by atoms with Crippen molar-refractivity contribution in [3.8, 4) is 17.2 Å². The zero-order chi connectivity index (χ0) is 19.6. The average molecular weight is 373 g/mol. The van der Waals surface area contributed by atoms with Gasteiger partial charge in [-0.2, -0.15) is 0 Å². The normalized spacial score (nSPS) is 15.3. The van der Waals surface area contributed by atoms with Crippen LogP contribution < -0.4 is 19.5 Å². The van der Waals surface area contributed by atoms with Gasteiger partial charge in [0, 0.05) is 18.1 Å². The van der Waals surface area contributed by atoms with E-state index in [1.165, 1.54) is 26.4 Å². The van der Waals surface area contributed by atoms with Crippen LogP contribution in [-0.2, 0) is 4.79 Å². The average Bonchev–Trinajstić information content (AvgIpc) is 2.97. The minimum absolute atomic E-state index is 0.177. The molecule has 1 atom stereocenters. The van der Waals surface area contributed by atoms with E-state index >= 15 is 0 Å². The van der Waals surface area contributed by atoms with E-state index in [-0.39, 0.29) is 36.0 Å². The Bertz CT molecular complexity index is 896. The third kappa shape index (κ3) is 3.72. The fourth-order valence-electron chi connectivity index (χ4n) is 3.18. The maximum atomic E-state index is 14.0. The Labute approximate surface area is 156 Å². The van der Waals surface area contributed by atoms with Gasteiger partial charge in [0.2, 0.25) is 0 Å². The molecule has 1 aliphatic carbocycles. The van der Waals surface area contributed by atoms with Crippen LogP contribution in [0.5, 0.6) is 17.2 Å². The number of amides is 1. The largest absolute Gasteiger partial charge is 0.497 e. The Morgan fingerprint density at radius 2 is 1.96 bits per heavy atom. The third-order valence-corrected chi connectivity index (χ3v) is 4.46. The van der Waals surface area contributed by atoms with E-state index < -0.39 is 11.7 Å². The summed E-state index contributed by atoms with van der Waals surface area (Å²) >= 11 is 0. The molecule has 0 bridgehead atoms. The van der Waals surface area contributed by atoms with Gasteiger partial charge in [0.15, 0.2) is 12.4 Å². The molecule has 6 nitrogen and oxygen atoms in total. The standard InChI is InChI=1S/C20H20FNO5/c1-11-8-15(23)20-16(7-5-13(21)19(11)20)27-10-18(24)22-14-6-4-12(25-2)9-17(14)26-3/h4-7,9,11H,8,10H2,1-3H3,(H,22,24)/t11-/m0/s1. The van der Waals surface area contributed by atoms with Crippen LogP contribution >= 0.6 is 0 Å². The van der Waals surface area contributed by atoms with E-state index in [1.54, 1.807) is 25.1 Å². The highest BCUT2D eigenvalue weighted by atomic mass is 19.1. The maximum Gasteiger partial charge on any atom is 0.262 e. The lowest BCUT2D eigenvalue weighted by Gasteiger charge is -2.13. The van der Waals surface area contributed by atoms with Gasteiger partial charge in [-0.05, 0) is 30.2 Å². The number of fused-ring (bicyclic) bond motifs is 1. The summed E-state index contributed by atoms with van der Waals surface area (Å²) in [7, 11) is 3.01. The number of ketones is 1. The predicted octanol–water partition coefficient (Wildman–Crippen LogP) is 3.55. The Morgan fingerprint density at radius 3 is 2.67 bits per heavy atom. The predicted molar refractivity (Wildman–Crippen MR) is 97.4 cm³/mol. The molecule has 1 amide bonds. The zero-order valence-electron chi connectivity index (χ0n) is 15.3. The molecule has 0 unspecified atom stereocenters. The van der Waals surface area contributed by atoms with Gasteiger partial charge in [0.05, 0.1) is 25.5 Å². The molecule has 0 heterocycles. The van der Waals surface area contributed by atoms with E-state index in [0.717, 1.165) is 0 Å². The molecule has 2 aromatic carbocycles. The number of hydrogen-bond acceptors (Lipinski definition) is 5. The molecule has 1 aliphatic rings. The molecule has 0 spiro atoms. The molecule has 7 heteroatoms.